The molecule has 0 aromatic heterocycles. The van der Waals surface area contributed by atoms with Crippen molar-refractivity contribution < 1.29 is 12.3 Å². The summed E-state index contributed by atoms with van der Waals surface area (Å²) in [7, 11) is 0. The molecule has 2 rings (SSSR count). The van der Waals surface area contributed by atoms with Crippen LogP contribution in [-0.2, 0) is 0 Å². The molecule has 1 heteroatoms. The monoisotopic (exact) mass is 241 g/mol. The lowest BCUT2D eigenvalue weighted by Crippen LogP contribution is -1.75. The predicted molar refractivity (Wildman–Crippen MR) is 59.6 cm³/mol. The van der Waals surface area contributed by atoms with E-state index in [9.17, 15) is 0 Å². The summed E-state index contributed by atoms with van der Waals surface area (Å²) in [4.78, 5) is 0. The quantitative estimate of drug-likeness (QED) is 0.705. The molecular formula is C12H9Br. The smallest absolute Gasteiger partial charge is 0.0622 e. The zero-order chi connectivity index (χ0) is 16.9. The van der Waals surface area contributed by atoms with Crippen LogP contribution in [0.5, 0.6) is 0 Å². The Morgan fingerprint density at radius 2 is 1.31 bits per heavy atom. The van der Waals surface area contributed by atoms with Crippen LogP contribution < -0.4 is 0 Å². The first-order valence-electron chi connectivity index (χ1n) is 7.94. The summed E-state index contributed by atoms with van der Waals surface area (Å²) in [5, 5.41) is 0. The van der Waals surface area contributed by atoms with E-state index in [-0.39, 0.29) is 27.7 Å². The fourth-order valence-corrected chi connectivity index (χ4v) is 0.995. The fourth-order valence-electron chi connectivity index (χ4n) is 0.797. The highest BCUT2D eigenvalue weighted by Crippen LogP contribution is 2.20. The van der Waals surface area contributed by atoms with Crippen molar-refractivity contribution in [2.45, 2.75) is 0 Å². The molecule has 0 atom stereocenters. The highest BCUT2D eigenvalue weighted by molar-refractivity contribution is 9.10. The van der Waals surface area contributed by atoms with E-state index in [2.05, 4.69) is 15.9 Å². The summed E-state index contributed by atoms with van der Waals surface area (Å²) in [6.45, 7) is 0. The molecule has 0 bridgehead atoms. The average molecular weight is 242 g/mol. The highest BCUT2D eigenvalue weighted by atomic mass is 79.9. The zero-order valence-electron chi connectivity index (χ0n) is 15.4. The van der Waals surface area contributed by atoms with Crippen LogP contribution in [0.4, 0.5) is 0 Å². The van der Waals surface area contributed by atoms with E-state index in [1.165, 1.54) is 0 Å². The lowest BCUT2D eigenvalue weighted by molar-refractivity contribution is 1.59. The van der Waals surface area contributed by atoms with Gasteiger partial charge >= 0.3 is 0 Å². The van der Waals surface area contributed by atoms with Crippen molar-refractivity contribution >= 4 is 15.9 Å². The van der Waals surface area contributed by atoms with Crippen molar-refractivity contribution in [1.29, 1.82) is 0 Å². The SMILES string of the molecule is [2H]c1c([2H])c([2H])c(-c2c([2H])c([2H])c(Br)c([2H])c2[2H])c([2H])c1[2H]. The minimum Gasteiger partial charge on any atom is -0.0622 e. The van der Waals surface area contributed by atoms with Gasteiger partial charge in [-0.25, -0.2) is 0 Å². The van der Waals surface area contributed by atoms with Crippen molar-refractivity contribution in [2.24, 2.45) is 0 Å². The molecule has 0 heterocycles. The van der Waals surface area contributed by atoms with E-state index in [0.29, 0.717) is 0 Å². The van der Waals surface area contributed by atoms with E-state index in [1.807, 2.05) is 0 Å². The van der Waals surface area contributed by atoms with Crippen LogP contribution in [0.25, 0.3) is 11.1 Å². The normalized spacial score (nSPS) is 19.6. The molecule has 0 fully saturated rings. The Labute approximate surface area is 99.0 Å². The summed E-state index contributed by atoms with van der Waals surface area (Å²) >= 11 is 2.95. The first-order valence-corrected chi connectivity index (χ1v) is 4.23. The second-order valence-corrected chi connectivity index (χ2v) is 2.98. The molecule has 0 saturated carbocycles. The van der Waals surface area contributed by atoms with Crippen LogP contribution in [-0.4, -0.2) is 0 Å². The van der Waals surface area contributed by atoms with Gasteiger partial charge in [0.2, 0.25) is 0 Å². The number of rotatable bonds is 1. The van der Waals surface area contributed by atoms with E-state index < -0.39 is 42.3 Å². The van der Waals surface area contributed by atoms with Gasteiger partial charge in [0.25, 0.3) is 0 Å². The molecule has 13 heavy (non-hydrogen) atoms. The minimum atomic E-state index is -0.587. The van der Waals surface area contributed by atoms with Gasteiger partial charge in [0, 0.05) is 4.47 Å². The van der Waals surface area contributed by atoms with Crippen LogP contribution in [0.1, 0.15) is 12.3 Å². The Bertz CT molecular complexity index is 675. The maximum atomic E-state index is 7.94. The van der Waals surface area contributed by atoms with Crippen molar-refractivity contribution in [3.8, 4) is 11.1 Å². The molecule has 0 amide bonds. The van der Waals surface area contributed by atoms with E-state index >= 15 is 0 Å². The second-order valence-electron chi connectivity index (χ2n) is 2.19. The molecular weight excluding hydrogens is 224 g/mol. The lowest BCUT2D eigenvalue weighted by atomic mass is 10.1. The molecule has 0 saturated heterocycles. The second kappa shape index (κ2) is 3.75. The van der Waals surface area contributed by atoms with Crippen LogP contribution in [0.15, 0.2) is 58.9 Å². The van der Waals surface area contributed by atoms with Gasteiger partial charge in [0.15, 0.2) is 0 Å². The van der Waals surface area contributed by atoms with Crippen molar-refractivity contribution in [3.05, 3.63) is 58.9 Å². The van der Waals surface area contributed by atoms with Crippen molar-refractivity contribution in [1.82, 2.24) is 0 Å². The zero-order valence-corrected chi connectivity index (χ0v) is 7.96. The third kappa shape index (κ3) is 1.99. The summed E-state index contributed by atoms with van der Waals surface area (Å²) in [5.74, 6) is 0. The van der Waals surface area contributed by atoms with Gasteiger partial charge in [-0.3, -0.25) is 0 Å². The summed E-state index contributed by atoms with van der Waals surface area (Å²) in [6, 6.07) is -4.55. The molecule has 0 aliphatic rings. The molecule has 0 N–H and O–H groups in total. The maximum absolute atomic E-state index is 7.94. The van der Waals surface area contributed by atoms with Crippen molar-refractivity contribution in [3.63, 3.8) is 0 Å². The Hall–Kier alpha value is -1.08. The lowest BCUT2D eigenvalue weighted by Gasteiger charge is -2.00. The standard InChI is InChI=1S/C12H9Br/c13-12-8-6-11(7-9-12)10-4-2-1-3-5-10/h1-9H/i1D,2D,3D,4D,5D,6D,7D,8D,9D. The number of hydrogen-bond acceptors (Lipinski definition) is 0. The minimum absolute atomic E-state index is 0.0429. The summed E-state index contributed by atoms with van der Waals surface area (Å²) in [6.07, 6.45) is 0. The molecule has 64 valence electrons. The van der Waals surface area contributed by atoms with E-state index in [0.717, 1.165) is 0 Å². The van der Waals surface area contributed by atoms with Crippen molar-refractivity contribution in [2.75, 3.05) is 0 Å². The third-order valence-corrected chi connectivity index (χ3v) is 1.74. The number of benzene rings is 2. The molecule has 2 aromatic rings. The molecule has 0 radical (unpaired) electrons. The summed E-state index contributed by atoms with van der Waals surface area (Å²) in [5.41, 5.74) is -0.647. The Morgan fingerprint density at radius 3 is 1.92 bits per heavy atom. The molecule has 0 aliphatic heterocycles. The fraction of sp³-hybridized carbons (Fsp3) is 0. The molecule has 0 nitrogen and oxygen atoms in total. The number of halogens is 1. The largest absolute Gasteiger partial charge is 0.0635 e. The van der Waals surface area contributed by atoms with E-state index in [1.54, 1.807) is 0 Å². The van der Waals surface area contributed by atoms with Gasteiger partial charge in [-0.2, -0.15) is 0 Å². The molecule has 2 aromatic carbocycles. The Morgan fingerprint density at radius 1 is 0.769 bits per heavy atom. The first-order chi connectivity index (χ1) is 10.1. The van der Waals surface area contributed by atoms with Crippen LogP contribution in [0.2, 0.25) is 0 Å². The third-order valence-electron chi connectivity index (χ3n) is 1.34. The van der Waals surface area contributed by atoms with E-state index in [4.69, 9.17) is 12.3 Å². The molecule has 0 aliphatic carbocycles. The Kier molecular flexibility index (Phi) is 0.854. The number of hydrogen-bond donors (Lipinski definition) is 0. The van der Waals surface area contributed by atoms with Crippen LogP contribution in [0, 0.1) is 0 Å². The first kappa shape index (κ1) is 2.96. The average Bonchev–Trinajstić information content (AvgIpc) is 2.50. The molecule has 0 spiro atoms. The Balaban J connectivity index is 3.03. The van der Waals surface area contributed by atoms with Crippen LogP contribution in [0.3, 0.4) is 0 Å². The van der Waals surface area contributed by atoms with Gasteiger partial charge in [-0.05, 0) is 23.2 Å². The van der Waals surface area contributed by atoms with Gasteiger partial charge in [-0.1, -0.05) is 58.2 Å². The highest BCUT2D eigenvalue weighted by Gasteiger charge is 1.94. The maximum Gasteiger partial charge on any atom is 0.0635 e. The van der Waals surface area contributed by atoms with Gasteiger partial charge in [-0.15, -0.1) is 0 Å². The predicted octanol–water partition coefficient (Wildman–Crippen LogP) is 4.12. The molecule has 0 unspecified atom stereocenters. The topological polar surface area (TPSA) is 0 Å². The summed E-state index contributed by atoms with van der Waals surface area (Å²) < 4.78 is 70.0. The van der Waals surface area contributed by atoms with Crippen LogP contribution >= 0.6 is 15.9 Å². The van der Waals surface area contributed by atoms with Gasteiger partial charge in [0.1, 0.15) is 0 Å². The van der Waals surface area contributed by atoms with Gasteiger partial charge < -0.3 is 0 Å². The van der Waals surface area contributed by atoms with Gasteiger partial charge in [0.05, 0.1) is 12.3 Å².